The number of nitrogen functional groups attached to an aromatic ring is 1. The fraction of sp³-hybridized carbons (Fsp3) is 0.250. The minimum absolute atomic E-state index is 0. The van der Waals surface area contributed by atoms with Gasteiger partial charge in [-0.2, -0.15) is 0 Å². The van der Waals surface area contributed by atoms with Crippen LogP contribution >= 0.6 is 12.4 Å². The third-order valence-corrected chi connectivity index (χ3v) is 2.34. The summed E-state index contributed by atoms with van der Waals surface area (Å²) in [6, 6.07) is 7.60. The summed E-state index contributed by atoms with van der Waals surface area (Å²) in [5.41, 5.74) is 12.8. The van der Waals surface area contributed by atoms with Gasteiger partial charge in [0.25, 0.3) is 0 Å². The molecule has 0 unspecified atom stereocenters. The minimum atomic E-state index is 0. The van der Waals surface area contributed by atoms with E-state index in [4.69, 9.17) is 16.2 Å². The number of hydrogen-bond acceptors (Lipinski definition) is 4. The van der Waals surface area contributed by atoms with Crippen LogP contribution in [0.25, 0.3) is 10.9 Å². The van der Waals surface area contributed by atoms with Gasteiger partial charge in [-0.05, 0) is 25.1 Å². The number of ether oxygens (including phenoxy) is 1. The molecule has 0 fully saturated rings. The summed E-state index contributed by atoms with van der Waals surface area (Å²) in [6.07, 6.45) is 2.57. The molecule has 2 aromatic rings. The molecule has 0 saturated carbocycles. The summed E-state index contributed by atoms with van der Waals surface area (Å²) in [6.45, 7) is 1.20. The summed E-state index contributed by atoms with van der Waals surface area (Å²) in [7, 11) is 0. The average molecular weight is 254 g/mol. The van der Waals surface area contributed by atoms with Crippen LogP contribution in [0.1, 0.15) is 6.42 Å². The topological polar surface area (TPSA) is 74.2 Å². The predicted molar refractivity (Wildman–Crippen MR) is 72.6 cm³/mol. The van der Waals surface area contributed by atoms with Crippen molar-refractivity contribution in [3.63, 3.8) is 0 Å². The molecule has 92 valence electrons. The van der Waals surface area contributed by atoms with Crippen molar-refractivity contribution >= 4 is 29.0 Å². The van der Waals surface area contributed by atoms with Crippen LogP contribution in [0, 0.1) is 0 Å². The maximum Gasteiger partial charge on any atom is 0.144 e. The molecule has 4 nitrogen and oxygen atoms in total. The first-order valence-corrected chi connectivity index (χ1v) is 5.28. The molecule has 4 N–H and O–H groups in total. The van der Waals surface area contributed by atoms with Gasteiger partial charge in [0.15, 0.2) is 0 Å². The summed E-state index contributed by atoms with van der Waals surface area (Å²) < 4.78 is 5.54. The number of hydrogen-bond donors (Lipinski definition) is 2. The lowest BCUT2D eigenvalue weighted by Crippen LogP contribution is -2.07. The summed E-state index contributed by atoms with van der Waals surface area (Å²) in [4.78, 5) is 4.25. The Morgan fingerprint density at radius 1 is 1.29 bits per heavy atom. The van der Waals surface area contributed by atoms with E-state index in [2.05, 4.69) is 4.98 Å². The van der Waals surface area contributed by atoms with Crippen molar-refractivity contribution in [3.05, 3.63) is 30.5 Å². The molecular formula is C12H16ClN3O. The number of halogens is 1. The number of benzene rings is 1. The Balaban J connectivity index is 0.00000144. The highest BCUT2D eigenvalue weighted by atomic mass is 35.5. The van der Waals surface area contributed by atoms with Crippen LogP contribution in [0.15, 0.2) is 30.5 Å². The molecule has 0 bridgehead atoms. The molecule has 0 aliphatic heterocycles. The SMILES string of the molecule is Cl.NCCCOc1cc2ncccc2cc1N. The zero-order chi connectivity index (χ0) is 11.4. The highest BCUT2D eigenvalue weighted by Gasteiger charge is 2.03. The Morgan fingerprint density at radius 2 is 2.12 bits per heavy atom. The molecule has 17 heavy (non-hydrogen) atoms. The molecule has 2 rings (SSSR count). The normalized spacial score (nSPS) is 9.94. The van der Waals surface area contributed by atoms with Gasteiger partial charge in [0, 0.05) is 17.6 Å². The zero-order valence-corrected chi connectivity index (χ0v) is 10.2. The standard InChI is InChI=1S/C12H15N3O.ClH/c13-4-2-6-16-12-8-11-9(7-10(12)14)3-1-5-15-11;/h1,3,5,7-8H,2,4,6,13-14H2;1H. The van der Waals surface area contributed by atoms with Crippen molar-refractivity contribution in [2.45, 2.75) is 6.42 Å². The van der Waals surface area contributed by atoms with Crippen LogP contribution in [-0.4, -0.2) is 18.1 Å². The van der Waals surface area contributed by atoms with E-state index in [-0.39, 0.29) is 12.4 Å². The second-order valence-corrected chi connectivity index (χ2v) is 3.58. The molecular weight excluding hydrogens is 238 g/mol. The Morgan fingerprint density at radius 3 is 2.88 bits per heavy atom. The van der Waals surface area contributed by atoms with E-state index in [1.807, 2.05) is 24.3 Å². The smallest absolute Gasteiger partial charge is 0.144 e. The van der Waals surface area contributed by atoms with Crippen LogP contribution in [0.5, 0.6) is 5.75 Å². The van der Waals surface area contributed by atoms with Crippen LogP contribution in [0.4, 0.5) is 5.69 Å². The van der Waals surface area contributed by atoms with Gasteiger partial charge in [-0.1, -0.05) is 6.07 Å². The molecule has 1 aromatic heterocycles. The zero-order valence-electron chi connectivity index (χ0n) is 9.43. The highest BCUT2D eigenvalue weighted by Crippen LogP contribution is 2.26. The number of nitrogens with zero attached hydrogens (tertiary/aromatic N) is 1. The van der Waals surface area contributed by atoms with Gasteiger partial charge in [0.2, 0.25) is 0 Å². The first kappa shape index (κ1) is 13.5. The lowest BCUT2D eigenvalue weighted by molar-refractivity contribution is 0.315. The van der Waals surface area contributed by atoms with Crippen molar-refractivity contribution in [2.75, 3.05) is 18.9 Å². The Labute approximate surface area is 106 Å². The third kappa shape index (κ3) is 3.22. The van der Waals surface area contributed by atoms with Gasteiger partial charge in [0.1, 0.15) is 5.75 Å². The molecule has 0 amide bonds. The second kappa shape index (κ2) is 6.27. The van der Waals surface area contributed by atoms with Gasteiger partial charge in [-0.15, -0.1) is 12.4 Å². The van der Waals surface area contributed by atoms with Crippen molar-refractivity contribution in [1.82, 2.24) is 4.98 Å². The van der Waals surface area contributed by atoms with Gasteiger partial charge in [0.05, 0.1) is 17.8 Å². The van der Waals surface area contributed by atoms with Crippen molar-refractivity contribution in [2.24, 2.45) is 5.73 Å². The Bertz CT molecular complexity index is 490. The Hall–Kier alpha value is -1.52. The average Bonchev–Trinajstić information content (AvgIpc) is 2.30. The van der Waals surface area contributed by atoms with Crippen molar-refractivity contribution in [3.8, 4) is 5.75 Å². The van der Waals surface area contributed by atoms with Gasteiger partial charge >= 0.3 is 0 Å². The van der Waals surface area contributed by atoms with Crippen LogP contribution in [0.2, 0.25) is 0 Å². The van der Waals surface area contributed by atoms with E-state index >= 15 is 0 Å². The number of aromatic nitrogens is 1. The van der Waals surface area contributed by atoms with Crippen LogP contribution < -0.4 is 16.2 Å². The van der Waals surface area contributed by atoms with Gasteiger partial charge in [-0.25, -0.2) is 0 Å². The predicted octanol–water partition coefficient (Wildman–Crippen LogP) is 1.97. The molecule has 0 spiro atoms. The molecule has 0 radical (unpaired) electrons. The van der Waals surface area contributed by atoms with Crippen molar-refractivity contribution in [1.29, 1.82) is 0 Å². The number of pyridine rings is 1. The molecule has 0 atom stereocenters. The fourth-order valence-electron chi connectivity index (χ4n) is 1.51. The lowest BCUT2D eigenvalue weighted by Gasteiger charge is -2.09. The minimum Gasteiger partial charge on any atom is -0.491 e. The first-order chi connectivity index (χ1) is 7.81. The summed E-state index contributed by atoms with van der Waals surface area (Å²) >= 11 is 0. The second-order valence-electron chi connectivity index (χ2n) is 3.58. The van der Waals surface area contributed by atoms with Crippen LogP contribution in [0.3, 0.4) is 0 Å². The van der Waals surface area contributed by atoms with Crippen molar-refractivity contribution < 1.29 is 4.74 Å². The third-order valence-electron chi connectivity index (χ3n) is 2.34. The highest BCUT2D eigenvalue weighted by molar-refractivity contribution is 5.85. The number of anilines is 1. The monoisotopic (exact) mass is 253 g/mol. The largest absolute Gasteiger partial charge is 0.491 e. The first-order valence-electron chi connectivity index (χ1n) is 5.28. The van der Waals surface area contributed by atoms with E-state index in [1.165, 1.54) is 0 Å². The van der Waals surface area contributed by atoms with Gasteiger partial charge < -0.3 is 16.2 Å². The molecule has 1 heterocycles. The molecule has 5 heteroatoms. The number of rotatable bonds is 4. The van der Waals surface area contributed by atoms with E-state index in [9.17, 15) is 0 Å². The summed E-state index contributed by atoms with van der Waals surface area (Å²) in [5.74, 6) is 0.680. The molecule has 0 aliphatic carbocycles. The van der Waals surface area contributed by atoms with Crippen LogP contribution in [-0.2, 0) is 0 Å². The number of fused-ring (bicyclic) bond motifs is 1. The fourth-order valence-corrected chi connectivity index (χ4v) is 1.51. The van der Waals surface area contributed by atoms with E-state index in [0.717, 1.165) is 17.3 Å². The number of nitrogens with two attached hydrogens (primary N) is 2. The molecule has 0 saturated heterocycles. The quantitative estimate of drug-likeness (QED) is 0.645. The molecule has 1 aromatic carbocycles. The maximum atomic E-state index is 5.88. The maximum absolute atomic E-state index is 5.88. The van der Waals surface area contributed by atoms with Gasteiger partial charge in [-0.3, -0.25) is 4.98 Å². The Kier molecular flexibility index (Phi) is 5.00. The molecule has 0 aliphatic rings. The van der Waals surface area contributed by atoms with E-state index < -0.39 is 0 Å². The van der Waals surface area contributed by atoms with E-state index in [0.29, 0.717) is 24.6 Å². The lowest BCUT2D eigenvalue weighted by atomic mass is 10.2. The van der Waals surface area contributed by atoms with E-state index in [1.54, 1.807) is 6.20 Å². The summed E-state index contributed by atoms with van der Waals surface area (Å²) in [5, 5.41) is 1.02.